The molecule has 2 heterocycles. The zero-order chi connectivity index (χ0) is 19.9. The number of unbranched alkanes of at least 4 members (excludes halogenated alkanes) is 1. The number of hydrogen-bond donors (Lipinski definition) is 3. The Morgan fingerprint density at radius 2 is 2.18 bits per heavy atom. The number of aryl methyl sites for hydroxylation is 1. The number of likely N-dealkylation sites (N-methyl/N-ethyl adjacent to an activating group) is 1. The number of hydrogen-bond acceptors (Lipinski definition) is 7. The Kier molecular flexibility index (Phi) is 6.66. The molecule has 1 aliphatic heterocycles. The monoisotopic (exact) mass is 379 g/mol. The SMILES string of the molecule is CCCCc1cc(N2CCC[C@@H](NC)C2)nc(Nc2ccc(N)c(C#N)c2)n1. The van der Waals surface area contributed by atoms with Crippen LogP contribution in [0.15, 0.2) is 24.3 Å². The van der Waals surface area contributed by atoms with Gasteiger partial charge in [-0.05, 0) is 50.9 Å². The molecular weight excluding hydrogens is 350 g/mol. The maximum atomic E-state index is 9.21. The molecule has 1 fully saturated rings. The van der Waals surface area contributed by atoms with Crippen molar-refractivity contribution in [3.05, 3.63) is 35.5 Å². The molecule has 0 spiro atoms. The molecule has 0 radical (unpaired) electrons. The molecule has 1 atom stereocenters. The van der Waals surface area contributed by atoms with Crippen LogP contribution in [-0.2, 0) is 6.42 Å². The Hall–Kier alpha value is -2.85. The summed E-state index contributed by atoms with van der Waals surface area (Å²) in [6, 6.07) is 10.0. The molecule has 0 saturated carbocycles. The van der Waals surface area contributed by atoms with E-state index in [1.54, 1.807) is 12.1 Å². The van der Waals surface area contributed by atoms with Gasteiger partial charge in [-0.3, -0.25) is 0 Å². The van der Waals surface area contributed by atoms with E-state index in [-0.39, 0.29) is 0 Å². The number of nitriles is 1. The van der Waals surface area contributed by atoms with Crippen LogP contribution in [0.3, 0.4) is 0 Å². The fourth-order valence-electron chi connectivity index (χ4n) is 3.47. The first-order valence-corrected chi connectivity index (χ1v) is 9.99. The van der Waals surface area contributed by atoms with Crippen molar-refractivity contribution >= 4 is 23.1 Å². The quantitative estimate of drug-likeness (QED) is 0.635. The Labute approximate surface area is 167 Å². The Balaban J connectivity index is 1.88. The van der Waals surface area contributed by atoms with E-state index in [9.17, 15) is 5.26 Å². The van der Waals surface area contributed by atoms with Gasteiger partial charge in [-0.2, -0.15) is 10.2 Å². The van der Waals surface area contributed by atoms with Crippen LogP contribution in [0, 0.1) is 11.3 Å². The molecule has 1 saturated heterocycles. The molecule has 0 amide bonds. The number of nitrogens with zero attached hydrogens (tertiary/aromatic N) is 4. The lowest BCUT2D eigenvalue weighted by Gasteiger charge is -2.33. The van der Waals surface area contributed by atoms with E-state index in [1.165, 1.54) is 6.42 Å². The summed E-state index contributed by atoms with van der Waals surface area (Å²) in [6.07, 6.45) is 5.47. The van der Waals surface area contributed by atoms with Crippen molar-refractivity contribution in [2.45, 2.75) is 45.1 Å². The number of benzene rings is 1. The molecule has 28 heavy (non-hydrogen) atoms. The van der Waals surface area contributed by atoms with E-state index in [1.807, 2.05) is 13.1 Å². The highest BCUT2D eigenvalue weighted by Gasteiger charge is 2.20. The van der Waals surface area contributed by atoms with Gasteiger partial charge in [0.2, 0.25) is 5.95 Å². The third-order valence-electron chi connectivity index (χ3n) is 5.14. The summed E-state index contributed by atoms with van der Waals surface area (Å²) >= 11 is 0. The summed E-state index contributed by atoms with van der Waals surface area (Å²) in [4.78, 5) is 11.8. The van der Waals surface area contributed by atoms with Crippen LogP contribution in [-0.4, -0.2) is 36.1 Å². The maximum absolute atomic E-state index is 9.21. The van der Waals surface area contributed by atoms with Crippen LogP contribution in [0.5, 0.6) is 0 Å². The lowest BCUT2D eigenvalue weighted by Crippen LogP contribution is -2.44. The van der Waals surface area contributed by atoms with Crippen molar-refractivity contribution in [3.8, 4) is 6.07 Å². The standard InChI is InChI=1S/C21H29N7/c1-3-4-6-16-12-20(28-10-5-7-18(14-28)24-2)27-21(25-16)26-17-8-9-19(23)15(11-17)13-22/h8-9,11-12,18,24H,3-7,10,14,23H2,1-2H3,(H,25,26,27)/t18-/m1/s1. The summed E-state index contributed by atoms with van der Waals surface area (Å²) in [5.74, 6) is 1.52. The molecule has 7 nitrogen and oxygen atoms in total. The fraction of sp³-hybridized carbons (Fsp3) is 0.476. The first-order chi connectivity index (χ1) is 13.6. The molecule has 1 aliphatic rings. The van der Waals surface area contributed by atoms with Crippen LogP contribution in [0.4, 0.5) is 23.1 Å². The molecule has 1 aromatic heterocycles. The van der Waals surface area contributed by atoms with Gasteiger partial charge in [-0.1, -0.05) is 13.3 Å². The van der Waals surface area contributed by atoms with Crippen molar-refractivity contribution in [3.63, 3.8) is 0 Å². The second-order valence-corrected chi connectivity index (χ2v) is 7.26. The predicted octanol–water partition coefficient (Wildman–Crippen LogP) is 3.20. The molecule has 1 aromatic carbocycles. The molecule has 2 aromatic rings. The summed E-state index contributed by atoms with van der Waals surface area (Å²) in [5.41, 5.74) is 8.54. The first-order valence-electron chi connectivity index (χ1n) is 9.99. The van der Waals surface area contributed by atoms with E-state index >= 15 is 0 Å². The number of piperidine rings is 1. The van der Waals surface area contributed by atoms with E-state index in [0.29, 0.717) is 23.2 Å². The lowest BCUT2D eigenvalue weighted by molar-refractivity contribution is 0.447. The summed E-state index contributed by atoms with van der Waals surface area (Å²) < 4.78 is 0. The predicted molar refractivity (Wildman–Crippen MR) is 114 cm³/mol. The maximum Gasteiger partial charge on any atom is 0.229 e. The second kappa shape index (κ2) is 9.38. The number of anilines is 4. The number of nitrogens with one attached hydrogen (secondary N) is 2. The van der Waals surface area contributed by atoms with Crippen LogP contribution in [0.25, 0.3) is 0 Å². The molecule has 3 rings (SSSR count). The largest absolute Gasteiger partial charge is 0.398 e. The minimum absolute atomic E-state index is 0.445. The number of aromatic nitrogens is 2. The smallest absolute Gasteiger partial charge is 0.229 e. The van der Waals surface area contributed by atoms with Crippen molar-refractivity contribution in [2.75, 3.05) is 36.1 Å². The Morgan fingerprint density at radius 1 is 1.32 bits per heavy atom. The van der Waals surface area contributed by atoms with Crippen LogP contribution < -0.4 is 21.3 Å². The molecule has 148 valence electrons. The van der Waals surface area contributed by atoms with Gasteiger partial charge in [-0.15, -0.1) is 0 Å². The highest BCUT2D eigenvalue weighted by molar-refractivity contribution is 5.65. The molecule has 0 aliphatic carbocycles. The van der Waals surface area contributed by atoms with E-state index in [2.05, 4.69) is 34.6 Å². The summed E-state index contributed by atoms with van der Waals surface area (Å²) in [7, 11) is 2.02. The van der Waals surface area contributed by atoms with Gasteiger partial charge in [0.15, 0.2) is 0 Å². The molecule has 0 unspecified atom stereocenters. The Bertz CT molecular complexity index is 843. The molecule has 7 heteroatoms. The van der Waals surface area contributed by atoms with E-state index in [0.717, 1.165) is 56.0 Å². The minimum Gasteiger partial charge on any atom is -0.398 e. The third-order valence-corrected chi connectivity index (χ3v) is 5.14. The highest BCUT2D eigenvalue weighted by Crippen LogP contribution is 2.24. The van der Waals surface area contributed by atoms with Gasteiger partial charge >= 0.3 is 0 Å². The zero-order valence-electron chi connectivity index (χ0n) is 16.7. The summed E-state index contributed by atoms with van der Waals surface area (Å²) in [6.45, 7) is 4.13. The van der Waals surface area contributed by atoms with Gasteiger partial charge in [0.1, 0.15) is 11.9 Å². The average molecular weight is 380 g/mol. The molecular formula is C21H29N7. The number of nitrogen functional groups attached to an aromatic ring is 1. The average Bonchev–Trinajstić information content (AvgIpc) is 2.73. The van der Waals surface area contributed by atoms with Crippen molar-refractivity contribution in [1.82, 2.24) is 15.3 Å². The van der Waals surface area contributed by atoms with Gasteiger partial charge in [0, 0.05) is 42.3 Å². The van der Waals surface area contributed by atoms with Gasteiger partial charge in [0.05, 0.1) is 5.56 Å². The normalized spacial score (nSPS) is 16.6. The van der Waals surface area contributed by atoms with E-state index < -0.39 is 0 Å². The van der Waals surface area contributed by atoms with Crippen molar-refractivity contribution < 1.29 is 0 Å². The zero-order valence-corrected chi connectivity index (χ0v) is 16.7. The number of nitrogens with two attached hydrogens (primary N) is 1. The van der Waals surface area contributed by atoms with Gasteiger partial charge in [0.25, 0.3) is 0 Å². The van der Waals surface area contributed by atoms with Crippen LogP contribution >= 0.6 is 0 Å². The van der Waals surface area contributed by atoms with Gasteiger partial charge < -0.3 is 21.3 Å². The van der Waals surface area contributed by atoms with E-state index in [4.69, 9.17) is 15.7 Å². The second-order valence-electron chi connectivity index (χ2n) is 7.26. The summed E-state index contributed by atoms with van der Waals surface area (Å²) in [5, 5.41) is 15.8. The third kappa shape index (κ3) is 4.90. The topological polar surface area (TPSA) is 103 Å². The fourth-order valence-corrected chi connectivity index (χ4v) is 3.47. The first kappa shape index (κ1) is 19.9. The van der Waals surface area contributed by atoms with Crippen molar-refractivity contribution in [2.24, 2.45) is 0 Å². The lowest BCUT2D eigenvalue weighted by atomic mass is 10.1. The molecule has 0 bridgehead atoms. The highest BCUT2D eigenvalue weighted by atomic mass is 15.2. The Morgan fingerprint density at radius 3 is 2.93 bits per heavy atom. The van der Waals surface area contributed by atoms with Crippen LogP contribution in [0.2, 0.25) is 0 Å². The minimum atomic E-state index is 0.445. The molecule has 4 N–H and O–H groups in total. The number of rotatable bonds is 7. The van der Waals surface area contributed by atoms with Gasteiger partial charge in [-0.25, -0.2) is 4.98 Å². The van der Waals surface area contributed by atoms with Crippen LogP contribution in [0.1, 0.15) is 43.9 Å². The van der Waals surface area contributed by atoms with Crippen molar-refractivity contribution in [1.29, 1.82) is 5.26 Å².